The third-order valence-electron chi connectivity index (χ3n) is 5.41. The fourth-order valence-corrected chi connectivity index (χ4v) is 4.72. The fraction of sp³-hybridized carbons (Fsp3) is 0.455. The molecule has 2 N–H and O–H groups in total. The van der Waals surface area contributed by atoms with Crippen LogP contribution in [0.5, 0.6) is 0 Å². The first-order valence-corrected chi connectivity index (χ1v) is 11.3. The Morgan fingerprint density at radius 1 is 1.23 bits per heavy atom. The summed E-state index contributed by atoms with van der Waals surface area (Å²) in [5.41, 5.74) is 2.45. The van der Waals surface area contributed by atoms with E-state index >= 15 is 0 Å². The highest BCUT2D eigenvalue weighted by Gasteiger charge is 2.29. The minimum Gasteiger partial charge on any atom is -0.453 e. The van der Waals surface area contributed by atoms with Crippen LogP contribution in [-0.2, 0) is 22.5 Å². The average Bonchev–Trinajstić information content (AvgIpc) is 3.20. The SMILES string of the molecule is COC(=O)NC(C(=O)NCC(c1ccc(Cl)cc1)N1CCc2sccc2C1)C(C)C. The molecule has 8 heteroatoms. The number of carbonyl (C=O) groups is 2. The van der Waals surface area contributed by atoms with E-state index in [0.717, 1.165) is 25.1 Å². The van der Waals surface area contributed by atoms with Gasteiger partial charge in [-0.15, -0.1) is 11.3 Å². The number of nitrogens with zero attached hydrogens (tertiary/aromatic N) is 1. The average molecular weight is 450 g/mol. The third-order valence-corrected chi connectivity index (χ3v) is 6.69. The highest BCUT2D eigenvalue weighted by Crippen LogP contribution is 2.30. The largest absolute Gasteiger partial charge is 0.453 e. The smallest absolute Gasteiger partial charge is 0.407 e. The van der Waals surface area contributed by atoms with Crippen molar-refractivity contribution in [1.82, 2.24) is 15.5 Å². The second-order valence-corrected chi connectivity index (χ2v) is 9.20. The van der Waals surface area contributed by atoms with Gasteiger partial charge in [0.2, 0.25) is 5.91 Å². The van der Waals surface area contributed by atoms with Gasteiger partial charge in [0.05, 0.1) is 13.2 Å². The van der Waals surface area contributed by atoms with Crippen molar-refractivity contribution in [3.63, 3.8) is 0 Å². The van der Waals surface area contributed by atoms with E-state index in [4.69, 9.17) is 11.6 Å². The van der Waals surface area contributed by atoms with Crippen LogP contribution in [-0.4, -0.2) is 43.1 Å². The van der Waals surface area contributed by atoms with E-state index in [2.05, 4.69) is 31.7 Å². The Balaban J connectivity index is 1.75. The van der Waals surface area contributed by atoms with E-state index < -0.39 is 12.1 Å². The van der Waals surface area contributed by atoms with E-state index in [0.29, 0.717) is 11.6 Å². The molecule has 2 heterocycles. The molecule has 162 valence electrons. The normalized spacial score (nSPS) is 15.9. The molecule has 1 aliphatic rings. The van der Waals surface area contributed by atoms with Crippen LogP contribution in [0.25, 0.3) is 0 Å². The molecule has 1 aromatic carbocycles. The molecule has 0 aliphatic carbocycles. The predicted molar refractivity (Wildman–Crippen MR) is 120 cm³/mol. The van der Waals surface area contributed by atoms with Crippen molar-refractivity contribution >= 4 is 34.9 Å². The van der Waals surface area contributed by atoms with Crippen molar-refractivity contribution in [1.29, 1.82) is 0 Å². The molecule has 2 amide bonds. The predicted octanol–water partition coefficient (Wildman–Crippen LogP) is 4.00. The number of nitrogens with one attached hydrogen (secondary N) is 2. The number of halogens is 1. The van der Waals surface area contributed by atoms with E-state index in [1.807, 2.05) is 38.1 Å². The van der Waals surface area contributed by atoms with E-state index in [1.54, 1.807) is 11.3 Å². The summed E-state index contributed by atoms with van der Waals surface area (Å²) in [4.78, 5) is 28.3. The number of carbonyl (C=O) groups excluding carboxylic acids is 2. The first-order valence-electron chi connectivity index (χ1n) is 10.1. The summed E-state index contributed by atoms with van der Waals surface area (Å²) in [7, 11) is 1.29. The van der Waals surface area contributed by atoms with Crippen LogP contribution in [0.3, 0.4) is 0 Å². The van der Waals surface area contributed by atoms with Crippen molar-refractivity contribution in [3.8, 4) is 0 Å². The molecule has 0 spiro atoms. The maximum absolute atomic E-state index is 12.8. The maximum atomic E-state index is 12.8. The Labute approximate surface area is 186 Å². The monoisotopic (exact) mass is 449 g/mol. The number of benzene rings is 1. The Morgan fingerprint density at radius 3 is 2.63 bits per heavy atom. The van der Waals surface area contributed by atoms with Crippen LogP contribution in [0.1, 0.15) is 35.9 Å². The van der Waals surface area contributed by atoms with Gasteiger partial charge in [0, 0.05) is 29.5 Å². The highest BCUT2D eigenvalue weighted by molar-refractivity contribution is 7.10. The van der Waals surface area contributed by atoms with Crippen molar-refractivity contribution < 1.29 is 14.3 Å². The lowest BCUT2D eigenvalue weighted by atomic mass is 10.00. The summed E-state index contributed by atoms with van der Waals surface area (Å²) in [5.74, 6) is -0.288. The molecule has 0 saturated carbocycles. The van der Waals surface area contributed by atoms with E-state index in [-0.39, 0.29) is 17.9 Å². The topological polar surface area (TPSA) is 70.7 Å². The summed E-state index contributed by atoms with van der Waals surface area (Å²) in [6.07, 6.45) is 0.392. The molecule has 2 unspecified atom stereocenters. The number of hydrogen-bond donors (Lipinski definition) is 2. The van der Waals surface area contributed by atoms with Crippen molar-refractivity contribution in [2.45, 2.75) is 38.9 Å². The number of ether oxygens (including phenoxy) is 1. The lowest BCUT2D eigenvalue weighted by Gasteiger charge is -2.35. The van der Waals surface area contributed by atoms with Gasteiger partial charge in [0.15, 0.2) is 0 Å². The van der Waals surface area contributed by atoms with Gasteiger partial charge < -0.3 is 15.4 Å². The second kappa shape index (κ2) is 10.3. The van der Waals surface area contributed by atoms with Gasteiger partial charge >= 0.3 is 6.09 Å². The number of thiophene rings is 1. The molecule has 0 radical (unpaired) electrons. The lowest BCUT2D eigenvalue weighted by Crippen LogP contribution is -2.51. The maximum Gasteiger partial charge on any atom is 0.407 e. The van der Waals surface area contributed by atoms with Gasteiger partial charge in [-0.1, -0.05) is 37.6 Å². The molecule has 6 nitrogen and oxygen atoms in total. The number of amides is 2. The molecule has 0 bridgehead atoms. The number of rotatable bonds is 7. The Morgan fingerprint density at radius 2 is 1.97 bits per heavy atom. The van der Waals surface area contributed by atoms with Crippen molar-refractivity contribution in [2.75, 3.05) is 20.2 Å². The first-order chi connectivity index (χ1) is 14.4. The van der Waals surface area contributed by atoms with Crippen LogP contribution in [0.15, 0.2) is 35.7 Å². The van der Waals surface area contributed by atoms with Crippen LogP contribution in [0, 0.1) is 5.92 Å². The Kier molecular flexibility index (Phi) is 7.75. The molecule has 1 aromatic heterocycles. The van der Waals surface area contributed by atoms with Crippen molar-refractivity contribution in [3.05, 3.63) is 56.7 Å². The zero-order chi connectivity index (χ0) is 21.7. The third kappa shape index (κ3) is 5.53. The molecule has 0 saturated heterocycles. The zero-order valence-corrected chi connectivity index (χ0v) is 19.1. The zero-order valence-electron chi connectivity index (χ0n) is 17.5. The molecule has 2 atom stereocenters. The van der Waals surface area contributed by atoms with Crippen molar-refractivity contribution in [2.24, 2.45) is 5.92 Å². The number of hydrogen-bond acceptors (Lipinski definition) is 5. The van der Waals surface area contributed by atoms with Crippen LogP contribution < -0.4 is 10.6 Å². The number of fused-ring (bicyclic) bond motifs is 1. The van der Waals surface area contributed by atoms with Gasteiger partial charge in [-0.2, -0.15) is 0 Å². The summed E-state index contributed by atoms with van der Waals surface area (Å²) >= 11 is 7.89. The molecular weight excluding hydrogens is 422 g/mol. The van der Waals surface area contributed by atoms with E-state index in [9.17, 15) is 9.59 Å². The molecule has 2 aromatic rings. The van der Waals surface area contributed by atoms with Gasteiger partial charge in [0.1, 0.15) is 6.04 Å². The standard InChI is InChI=1S/C22H28ClN3O3S/c1-14(2)20(25-22(28)29-3)21(27)24-12-18(15-4-6-17(23)7-5-15)26-10-8-19-16(13-26)9-11-30-19/h4-7,9,11,14,18,20H,8,10,12-13H2,1-3H3,(H,24,27)(H,25,28). The van der Waals surface area contributed by atoms with Gasteiger partial charge in [-0.3, -0.25) is 9.69 Å². The quantitative estimate of drug-likeness (QED) is 0.670. The Hall–Kier alpha value is -2.09. The summed E-state index contributed by atoms with van der Waals surface area (Å²) < 4.78 is 4.66. The fourth-order valence-electron chi connectivity index (χ4n) is 3.71. The van der Waals surface area contributed by atoms with E-state index in [1.165, 1.54) is 17.6 Å². The highest BCUT2D eigenvalue weighted by atomic mass is 35.5. The summed E-state index contributed by atoms with van der Waals surface area (Å²) in [6.45, 7) is 5.98. The minimum atomic E-state index is -0.659. The molecular formula is C22H28ClN3O3S. The molecule has 1 aliphatic heterocycles. The second-order valence-electron chi connectivity index (χ2n) is 7.76. The first kappa shape index (κ1) is 22.6. The van der Waals surface area contributed by atoms with Crippen LogP contribution in [0.4, 0.5) is 4.79 Å². The Bertz CT molecular complexity index is 869. The lowest BCUT2D eigenvalue weighted by molar-refractivity contribution is -0.124. The molecule has 3 rings (SSSR count). The van der Waals surface area contributed by atoms with Gasteiger partial charge in [-0.25, -0.2) is 4.79 Å². The van der Waals surface area contributed by atoms with Crippen LogP contribution >= 0.6 is 22.9 Å². The summed E-state index contributed by atoms with van der Waals surface area (Å²) in [6, 6.07) is 9.30. The number of methoxy groups -OCH3 is 1. The molecule has 0 fully saturated rings. The number of alkyl carbamates (subject to hydrolysis) is 1. The minimum absolute atomic E-state index is 0.00482. The molecule has 30 heavy (non-hydrogen) atoms. The van der Waals surface area contributed by atoms with Crippen LogP contribution in [0.2, 0.25) is 5.02 Å². The van der Waals surface area contributed by atoms with Gasteiger partial charge in [-0.05, 0) is 47.0 Å². The summed E-state index contributed by atoms with van der Waals surface area (Å²) in [5, 5.41) is 8.48. The van der Waals surface area contributed by atoms with Gasteiger partial charge in [0.25, 0.3) is 0 Å².